The van der Waals surface area contributed by atoms with Crippen molar-refractivity contribution in [1.29, 1.82) is 0 Å². The van der Waals surface area contributed by atoms with Crippen LogP contribution in [0.5, 0.6) is 0 Å². The number of carbonyl (C=O) groups is 1. The fourth-order valence-electron chi connectivity index (χ4n) is 1.60. The number of hydrogen-bond donors (Lipinski definition) is 1. The van der Waals surface area contributed by atoms with E-state index in [2.05, 4.69) is 0 Å². The summed E-state index contributed by atoms with van der Waals surface area (Å²) in [7, 11) is 0.349. The van der Waals surface area contributed by atoms with E-state index >= 15 is 0 Å². The van der Waals surface area contributed by atoms with Crippen molar-refractivity contribution in [2.75, 3.05) is 6.66 Å². The maximum atomic E-state index is 11.2. The molecule has 3 atom stereocenters. The maximum Gasteiger partial charge on any atom is 0.156 e. The monoisotopic (exact) mass is 174 g/mol. The van der Waals surface area contributed by atoms with Gasteiger partial charge in [0.05, 0.1) is 6.10 Å². The topological polar surface area (TPSA) is 37.3 Å². The molecule has 1 N–H and O–H groups in total. The Bertz CT molecular complexity index is 147. The van der Waals surface area contributed by atoms with E-state index in [4.69, 9.17) is 0 Å². The molecule has 2 nitrogen and oxygen atoms in total. The Kier molecular flexibility index (Phi) is 3.47. The molecule has 0 amide bonds. The molecule has 1 rings (SSSR count). The van der Waals surface area contributed by atoms with Crippen molar-refractivity contribution >= 4 is 14.1 Å². The molecule has 0 aromatic heterocycles. The Morgan fingerprint density at radius 2 is 2.09 bits per heavy atom. The molecular formula is C8H15O2P. The predicted octanol–water partition coefficient (Wildman–Crippen LogP) is 1.37. The Hall–Kier alpha value is 0.0600. The molecule has 0 aromatic carbocycles. The van der Waals surface area contributed by atoms with Gasteiger partial charge in [-0.25, -0.2) is 0 Å². The molecule has 0 bridgehead atoms. The van der Waals surface area contributed by atoms with Gasteiger partial charge in [0.2, 0.25) is 0 Å². The second kappa shape index (κ2) is 4.18. The van der Waals surface area contributed by atoms with Crippen molar-refractivity contribution in [2.45, 2.75) is 31.8 Å². The standard InChI is InChI=1S/C8H15O2P/c1-11-8(10)6-4-2-3-5-7(6)9/h6-7,9,11H,2-5H2,1H3/t6?,7-/m0/s1. The van der Waals surface area contributed by atoms with Gasteiger partial charge < -0.3 is 5.11 Å². The zero-order valence-corrected chi connectivity index (χ0v) is 7.84. The second-order valence-corrected chi connectivity index (χ2v) is 4.07. The van der Waals surface area contributed by atoms with Gasteiger partial charge in [-0.3, -0.25) is 4.79 Å². The summed E-state index contributed by atoms with van der Waals surface area (Å²) in [5.74, 6) is -0.0351. The highest BCUT2D eigenvalue weighted by molar-refractivity contribution is 7.57. The van der Waals surface area contributed by atoms with Crippen LogP contribution >= 0.6 is 8.58 Å². The van der Waals surface area contributed by atoms with Gasteiger partial charge in [-0.2, -0.15) is 0 Å². The van der Waals surface area contributed by atoms with Crippen LogP contribution in [-0.4, -0.2) is 23.4 Å². The van der Waals surface area contributed by atoms with Crippen molar-refractivity contribution in [3.05, 3.63) is 0 Å². The number of rotatable bonds is 2. The third-order valence-corrected chi connectivity index (χ3v) is 3.18. The van der Waals surface area contributed by atoms with Crippen LogP contribution in [0, 0.1) is 5.92 Å². The summed E-state index contributed by atoms with van der Waals surface area (Å²) >= 11 is 0. The van der Waals surface area contributed by atoms with Crippen molar-refractivity contribution < 1.29 is 9.90 Å². The number of aliphatic hydroxyl groups excluding tert-OH is 1. The van der Waals surface area contributed by atoms with Crippen LogP contribution in [0.15, 0.2) is 0 Å². The van der Waals surface area contributed by atoms with Crippen LogP contribution in [0.3, 0.4) is 0 Å². The van der Waals surface area contributed by atoms with E-state index in [1.165, 1.54) is 0 Å². The van der Waals surface area contributed by atoms with Crippen molar-refractivity contribution in [1.82, 2.24) is 0 Å². The zero-order chi connectivity index (χ0) is 8.27. The highest BCUT2D eigenvalue weighted by atomic mass is 31.1. The fraction of sp³-hybridized carbons (Fsp3) is 0.875. The third-order valence-electron chi connectivity index (χ3n) is 2.31. The Balaban J connectivity index is 2.47. The van der Waals surface area contributed by atoms with Gasteiger partial charge in [-0.15, -0.1) is 0 Å². The lowest BCUT2D eigenvalue weighted by molar-refractivity contribution is -0.119. The molecule has 11 heavy (non-hydrogen) atoms. The predicted molar refractivity (Wildman–Crippen MR) is 47.2 cm³/mol. The largest absolute Gasteiger partial charge is 0.392 e. The smallest absolute Gasteiger partial charge is 0.156 e. The van der Waals surface area contributed by atoms with Crippen LogP contribution in [-0.2, 0) is 4.79 Å². The first-order chi connectivity index (χ1) is 5.25. The molecule has 3 heteroatoms. The number of carbonyl (C=O) groups excluding carboxylic acids is 1. The number of hydrogen-bond acceptors (Lipinski definition) is 2. The SMILES string of the molecule is CPC(=O)C1CCCC[C@@H]1O. The number of aliphatic hydroxyl groups is 1. The summed E-state index contributed by atoms with van der Waals surface area (Å²) in [6.07, 6.45) is 3.57. The Morgan fingerprint density at radius 3 is 2.64 bits per heavy atom. The molecular weight excluding hydrogens is 159 g/mol. The van der Waals surface area contributed by atoms with E-state index in [1.807, 2.05) is 6.66 Å². The molecule has 0 aliphatic heterocycles. The van der Waals surface area contributed by atoms with Gasteiger partial charge in [0.25, 0.3) is 0 Å². The molecule has 64 valence electrons. The van der Waals surface area contributed by atoms with Gasteiger partial charge in [0, 0.05) is 5.92 Å². The van der Waals surface area contributed by atoms with Crippen molar-refractivity contribution in [3.63, 3.8) is 0 Å². The minimum atomic E-state index is -0.344. The van der Waals surface area contributed by atoms with E-state index in [-0.39, 0.29) is 17.5 Å². The second-order valence-electron chi connectivity index (χ2n) is 3.07. The summed E-state index contributed by atoms with van der Waals surface area (Å²) < 4.78 is 0. The average Bonchev–Trinajstić information content (AvgIpc) is 2.04. The molecule has 0 spiro atoms. The Labute approximate surface area is 69.2 Å². The van der Waals surface area contributed by atoms with Gasteiger partial charge in [-0.1, -0.05) is 21.4 Å². The minimum absolute atomic E-state index is 0.0351. The molecule has 0 radical (unpaired) electrons. The fourth-order valence-corrected chi connectivity index (χ4v) is 2.31. The average molecular weight is 174 g/mol. The molecule has 1 aliphatic carbocycles. The molecule has 0 aromatic rings. The van der Waals surface area contributed by atoms with E-state index in [9.17, 15) is 9.90 Å². The van der Waals surface area contributed by atoms with Crippen LogP contribution in [0.4, 0.5) is 0 Å². The van der Waals surface area contributed by atoms with Crippen LogP contribution in [0.25, 0.3) is 0 Å². The van der Waals surface area contributed by atoms with Crippen LogP contribution in [0.1, 0.15) is 25.7 Å². The minimum Gasteiger partial charge on any atom is -0.392 e. The van der Waals surface area contributed by atoms with E-state index < -0.39 is 0 Å². The van der Waals surface area contributed by atoms with Crippen LogP contribution in [0.2, 0.25) is 0 Å². The summed E-state index contributed by atoms with van der Waals surface area (Å²) in [5.41, 5.74) is 0.261. The molecule has 0 saturated heterocycles. The normalized spacial score (nSPS) is 32.9. The van der Waals surface area contributed by atoms with Crippen LogP contribution < -0.4 is 0 Å². The van der Waals surface area contributed by atoms with Gasteiger partial charge in [0.1, 0.15) is 0 Å². The summed E-state index contributed by atoms with van der Waals surface area (Å²) in [4.78, 5) is 11.2. The first kappa shape index (κ1) is 9.15. The molecule has 1 fully saturated rings. The first-order valence-electron chi connectivity index (χ1n) is 4.15. The van der Waals surface area contributed by atoms with E-state index in [0.29, 0.717) is 8.58 Å². The van der Waals surface area contributed by atoms with Crippen molar-refractivity contribution in [3.8, 4) is 0 Å². The Morgan fingerprint density at radius 1 is 1.45 bits per heavy atom. The summed E-state index contributed by atoms with van der Waals surface area (Å²) in [6, 6.07) is 0. The highest BCUT2D eigenvalue weighted by Crippen LogP contribution is 2.29. The van der Waals surface area contributed by atoms with Gasteiger partial charge in [-0.05, 0) is 19.5 Å². The van der Waals surface area contributed by atoms with E-state index in [1.54, 1.807) is 0 Å². The van der Waals surface area contributed by atoms with Gasteiger partial charge in [0.15, 0.2) is 5.52 Å². The third kappa shape index (κ3) is 2.25. The lowest BCUT2D eigenvalue weighted by atomic mass is 9.87. The maximum absolute atomic E-state index is 11.2. The quantitative estimate of drug-likeness (QED) is 0.642. The highest BCUT2D eigenvalue weighted by Gasteiger charge is 2.27. The molecule has 1 aliphatic rings. The summed E-state index contributed by atoms with van der Waals surface area (Å²) in [6.45, 7) is 1.89. The summed E-state index contributed by atoms with van der Waals surface area (Å²) in [5, 5.41) is 9.45. The zero-order valence-electron chi connectivity index (χ0n) is 6.84. The lowest BCUT2D eigenvalue weighted by Crippen LogP contribution is -2.29. The molecule has 0 heterocycles. The lowest BCUT2D eigenvalue weighted by Gasteiger charge is -2.25. The van der Waals surface area contributed by atoms with E-state index in [0.717, 1.165) is 25.7 Å². The van der Waals surface area contributed by atoms with Gasteiger partial charge >= 0.3 is 0 Å². The first-order valence-corrected chi connectivity index (χ1v) is 5.65. The molecule has 2 unspecified atom stereocenters. The molecule has 1 saturated carbocycles. The van der Waals surface area contributed by atoms with Crippen molar-refractivity contribution in [2.24, 2.45) is 5.92 Å².